The van der Waals surface area contributed by atoms with Gasteiger partial charge in [0, 0.05) is 46.8 Å². The van der Waals surface area contributed by atoms with Crippen molar-refractivity contribution in [2.24, 2.45) is 18.0 Å². The van der Waals surface area contributed by atoms with Gasteiger partial charge < -0.3 is 14.8 Å². The minimum Gasteiger partial charge on any atom is -0.349 e. The molecule has 2 heterocycles. The molecular weight excluding hydrogens is 405 g/mol. The van der Waals surface area contributed by atoms with Crippen LogP contribution >= 0.6 is 24.0 Å². The highest BCUT2D eigenvalue weighted by Crippen LogP contribution is 2.06. The summed E-state index contributed by atoms with van der Waals surface area (Å²) in [6.45, 7) is 12.6. The zero-order chi connectivity index (χ0) is 16.1. The third kappa shape index (κ3) is 5.59. The Kier molecular flexibility index (Phi) is 8.24. The predicted octanol–water partition coefficient (Wildman–Crippen LogP) is 1.09. The lowest BCUT2D eigenvalue weighted by atomic mass is 10.2. The van der Waals surface area contributed by atoms with Gasteiger partial charge in [-0.3, -0.25) is 9.89 Å². The van der Waals surface area contributed by atoms with Gasteiger partial charge in [-0.15, -0.1) is 34.2 Å². The van der Waals surface area contributed by atoms with Crippen molar-refractivity contribution >= 4 is 29.9 Å². The highest BCUT2D eigenvalue weighted by molar-refractivity contribution is 14.0. The largest absolute Gasteiger partial charge is 0.349 e. The first-order valence-electron chi connectivity index (χ1n) is 8.04. The van der Waals surface area contributed by atoms with Crippen LogP contribution in [0, 0.1) is 12.8 Å². The van der Waals surface area contributed by atoms with E-state index in [-0.39, 0.29) is 24.0 Å². The molecule has 7 nitrogen and oxygen atoms in total. The summed E-state index contributed by atoms with van der Waals surface area (Å²) in [6, 6.07) is 0. The maximum Gasteiger partial charge on any atom is 0.194 e. The Morgan fingerprint density at radius 2 is 1.87 bits per heavy atom. The van der Waals surface area contributed by atoms with Gasteiger partial charge >= 0.3 is 0 Å². The lowest BCUT2D eigenvalue weighted by molar-refractivity contribution is 0.164. The molecule has 132 valence electrons. The van der Waals surface area contributed by atoms with Gasteiger partial charge in [0.15, 0.2) is 11.8 Å². The van der Waals surface area contributed by atoms with Crippen LogP contribution in [0.2, 0.25) is 0 Å². The van der Waals surface area contributed by atoms with Crippen LogP contribution in [0.25, 0.3) is 0 Å². The molecule has 0 aromatic carbocycles. The van der Waals surface area contributed by atoms with Gasteiger partial charge in [-0.1, -0.05) is 13.8 Å². The van der Waals surface area contributed by atoms with Crippen molar-refractivity contribution in [1.82, 2.24) is 29.9 Å². The third-order valence-electron chi connectivity index (χ3n) is 4.09. The molecule has 8 heteroatoms. The maximum absolute atomic E-state index is 4.40. The molecule has 0 amide bonds. The smallest absolute Gasteiger partial charge is 0.194 e. The number of aromatic nitrogens is 3. The molecule has 0 atom stereocenters. The second kappa shape index (κ2) is 9.41. The van der Waals surface area contributed by atoms with Crippen LogP contribution in [-0.4, -0.2) is 70.3 Å². The fourth-order valence-electron chi connectivity index (χ4n) is 2.75. The number of nitrogens with zero attached hydrogens (tertiary/aromatic N) is 6. The molecule has 1 aliphatic rings. The number of rotatable bonds is 4. The van der Waals surface area contributed by atoms with Gasteiger partial charge in [-0.25, -0.2) is 0 Å². The molecule has 0 saturated carbocycles. The molecule has 1 saturated heterocycles. The van der Waals surface area contributed by atoms with Gasteiger partial charge in [-0.2, -0.15) is 0 Å². The van der Waals surface area contributed by atoms with E-state index in [1.807, 2.05) is 25.6 Å². The number of halogens is 1. The third-order valence-corrected chi connectivity index (χ3v) is 4.09. The van der Waals surface area contributed by atoms with Crippen molar-refractivity contribution in [3.63, 3.8) is 0 Å². The molecule has 1 aromatic rings. The van der Waals surface area contributed by atoms with Crippen LogP contribution in [0.4, 0.5) is 0 Å². The molecular formula is C15H30IN7. The lowest BCUT2D eigenvalue weighted by Gasteiger charge is -2.37. The van der Waals surface area contributed by atoms with E-state index >= 15 is 0 Å². The molecule has 1 fully saturated rings. The van der Waals surface area contributed by atoms with Crippen molar-refractivity contribution < 1.29 is 0 Å². The maximum atomic E-state index is 4.40. The van der Waals surface area contributed by atoms with E-state index in [9.17, 15) is 0 Å². The number of aryl methyl sites for hydroxylation is 1. The molecule has 2 rings (SSSR count). The van der Waals surface area contributed by atoms with Crippen molar-refractivity contribution in [3.8, 4) is 0 Å². The average Bonchev–Trinajstić information content (AvgIpc) is 2.81. The first kappa shape index (κ1) is 20.1. The fourth-order valence-corrected chi connectivity index (χ4v) is 2.75. The summed E-state index contributed by atoms with van der Waals surface area (Å²) in [5, 5.41) is 11.7. The first-order valence-corrected chi connectivity index (χ1v) is 8.04. The van der Waals surface area contributed by atoms with E-state index in [1.165, 1.54) is 6.54 Å². The SMILES string of the molecule is CN=C(NCc1nnc(C)n1C)N1CCN(CC(C)C)CC1.I. The van der Waals surface area contributed by atoms with Crippen molar-refractivity contribution in [2.75, 3.05) is 39.8 Å². The molecule has 0 bridgehead atoms. The number of hydrogen-bond donors (Lipinski definition) is 1. The number of nitrogens with one attached hydrogen (secondary N) is 1. The Bertz CT molecular complexity index is 504. The van der Waals surface area contributed by atoms with Crippen LogP contribution in [0.3, 0.4) is 0 Å². The molecule has 1 aliphatic heterocycles. The summed E-state index contributed by atoms with van der Waals surface area (Å²) in [6.07, 6.45) is 0. The minimum atomic E-state index is 0. The van der Waals surface area contributed by atoms with Gasteiger partial charge in [0.2, 0.25) is 0 Å². The number of hydrogen-bond acceptors (Lipinski definition) is 4. The number of piperazine rings is 1. The Balaban J connectivity index is 0.00000264. The quantitative estimate of drug-likeness (QED) is 0.436. The van der Waals surface area contributed by atoms with E-state index in [2.05, 4.69) is 44.2 Å². The first-order chi connectivity index (χ1) is 10.5. The summed E-state index contributed by atoms with van der Waals surface area (Å²) in [5.41, 5.74) is 0. The van der Waals surface area contributed by atoms with Crippen molar-refractivity contribution in [2.45, 2.75) is 27.3 Å². The van der Waals surface area contributed by atoms with Gasteiger partial charge in [-0.05, 0) is 12.8 Å². The zero-order valence-electron chi connectivity index (χ0n) is 14.9. The number of aliphatic imine (C=N–C) groups is 1. The van der Waals surface area contributed by atoms with Crippen LogP contribution in [0.1, 0.15) is 25.5 Å². The van der Waals surface area contributed by atoms with Gasteiger partial charge in [0.25, 0.3) is 0 Å². The van der Waals surface area contributed by atoms with Gasteiger partial charge in [0.1, 0.15) is 5.82 Å². The molecule has 0 radical (unpaired) electrons. The Morgan fingerprint density at radius 1 is 1.22 bits per heavy atom. The molecule has 0 unspecified atom stereocenters. The van der Waals surface area contributed by atoms with Crippen LogP contribution in [0.15, 0.2) is 4.99 Å². The van der Waals surface area contributed by atoms with Crippen molar-refractivity contribution in [1.29, 1.82) is 0 Å². The Morgan fingerprint density at radius 3 is 2.35 bits per heavy atom. The minimum absolute atomic E-state index is 0. The van der Waals surface area contributed by atoms with Crippen LogP contribution < -0.4 is 5.32 Å². The number of guanidine groups is 1. The van der Waals surface area contributed by atoms with Crippen LogP contribution in [-0.2, 0) is 13.6 Å². The zero-order valence-corrected chi connectivity index (χ0v) is 17.2. The normalized spacial score (nSPS) is 16.6. The molecule has 1 N–H and O–H groups in total. The Hall–Kier alpha value is -0.900. The van der Waals surface area contributed by atoms with E-state index in [1.54, 1.807) is 0 Å². The average molecular weight is 435 g/mol. The van der Waals surface area contributed by atoms with E-state index in [4.69, 9.17) is 0 Å². The molecule has 0 spiro atoms. The molecule has 1 aromatic heterocycles. The van der Waals surface area contributed by atoms with Crippen LogP contribution in [0.5, 0.6) is 0 Å². The molecule has 0 aliphatic carbocycles. The summed E-state index contributed by atoms with van der Waals surface area (Å²) in [7, 11) is 3.82. The summed E-state index contributed by atoms with van der Waals surface area (Å²) in [5.74, 6) is 3.53. The fraction of sp³-hybridized carbons (Fsp3) is 0.800. The monoisotopic (exact) mass is 435 g/mol. The van der Waals surface area contributed by atoms with Crippen molar-refractivity contribution in [3.05, 3.63) is 11.6 Å². The summed E-state index contributed by atoms with van der Waals surface area (Å²) < 4.78 is 2.00. The summed E-state index contributed by atoms with van der Waals surface area (Å²) in [4.78, 5) is 9.25. The van der Waals surface area contributed by atoms with E-state index < -0.39 is 0 Å². The Labute approximate surface area is 156 Å². The lowest BCUT2D eigenvalue weighted by Crippen LogP contribution is -2.52. The van der Waals surface area contributed by atoms with E-state index in [0.29, 0.717) is 6.54 Å². The van der Waals surface area contributed by atoms with E-state index in [0.717, 1.165) is 49.7 Å². The highest BCUT2D eigenvalue weighted by Gasteiger charge is 2.20. The van der Waals surface area contributed by atoms with Gasteiger partial charge in [0.05, 0.1) is 6.54 Å². The standard InChI is InChI=1S/C15H29N7.HI/c1-12(2)11-21-6-8-22(9-7-21)15(16-4)17-10-14-19-18-13(3)20(14)5;/h12H,6-11H2,1-5H3,(H,16,17);1H. The molecule has 23 heavy (non-hydrogen) atoms. The summed E-state index contributed by atoms with van der Waals surface area (Å²) >= 11 is 0. The highest BCUT2D eigenvalue weighted by atomic mass is 127. The predicted molar refractivity (Wildman–Crippen MR) is 104 cm³/mol. The second-order valence-corrected chi connectivity index (χ2v) is 6.30. The second-order valence-electron chi connectivity index (χ2n) is 6.30. The topological polar surface area (TPSA) is 61.6 Å².